The minimum absolute atomic E-state index is 0.106. The lowest BCUT2D eigenvalue weighted by Gasteiger charge is -2.09. The number of rotatable bonds is 3. The van der Waals surface area contributed by atoms with Crippen LogP contribution in [0.25, 0.3) is 21.9 Å². The Bertz CT molecular complexity index is 1200. The summed E-state index contributed by atoms with van der Waals surface area (Å²) in [5.41, 5.74) is 2.78. The quantitative estimate of drug-likeness (QED) is 0.320. The molecule has 5 heteroatoms. The maximum atomic E-state index is 12.4. The van der Waals surface area contributed by atoms with Gasteiger partial charge in [0.05, 0.1) is 0 Å². The zero-order chi connectivity index (χ0) is 18.3. The van der Waals surface area contributed by atoms with Crippen molar-refractivity contribution >= 4 is 27.8 Å². The number of carbonyl (C=O) groups excluding carboxylic acids is 1. The number of benzene rings is 2. The summed E-state index contributed by atoms with van der Waals surface area (Å²) < 4.78 is 12.6. The van der Waals surface area contributed by atoms with E-state index in [4.69, 9.17) is 9.15 Å². The van der Waals surface area contributed by atoms with E-state index in [0.717, 1.165) is 27.5 Å². The molecule has 0 saturated heterocycles. The molecule has 0 amide bonds. The second-order valence-electron chi connectivity index (χ2n) is 6.31. The van der Waals surface area contributed by atoms with Gasteiger partial charge in [-0.2, -0.15) is 0 Å². The van der Waals surface area contributed by atoms with Crippen molar-refractivity contribution in [1.82, 2.24) is 4.57 Å². The van der Waals surface area contributed by atoms with Crippen LogP contribution >= 0.6 is 0 Å². The topological polar surface area (TPSA) is 61.4 Å². The zero-order valence-corrected chi connectivity index (χ0v) is 14.5. The molecule has 0 spiro atoms. The standard InChI is InChI=1S/C21H17NO4/c1-13-9-20(23)26-19-11-16(7-8-17(13)19)25-21(24)12-22-14(2)10-15-5-3-4-6-18(15)22/h3-11H,12H2,1-2H3. The van der Waals surface area contributed by atoms with Gasteiger partial charge in [-0.3, -0.25) is 0 Å². The second-order valence-corrected chi connectivity index (χ2v) is 6.31. The van der Waals surface area contributed by atoms with E-state index in [0.29, 0.717) is 11.3 Å². The SMILES string of the molecule is Cc1cc(=O)oc2cc(OC(=O)Cn3c(C)cc4ccccc43)ccc12. The number of para-hydroxylation sites is 1. The summed E-state index contributed by atoms with van der Waals surface area (Å²) in [5.74, 6) is -0.0332. The Morgan fingerprint density at radius 2 is 1.88 bits per heavy atom. The minimum atomic E-state index is -0.423. The fraction of sp³-hybridized carbons (Fsp3) is 0.143. The number of fused-ring (bicyclic) bond motifs is 2. The van der Waals surface area contributed by atoms with Crippen molar-refractivity contribution in [2.75, 3.05) is 0 Å². The molecule has 0 atom stereocenters. The first-order valence-corrected chi connectivity index (χ1v) is 8.31. The monoisotopic (exact) mass is 347 g/mol. The molecule has 0 unspecified atom stereocenters. The highest BCUT2D eigenvalue weighted by Gasteiger charge is 2.12. The molecule has 0 saturated carbocycles. The summed E-state index contributed by atoms with van der Waals surface area (Å²) in [6.07, 6.45) is 0. The van der Waals surface area contributed by atoms with Crippen molar-refractivity contribution in [3.8, 4) is 5.75 Å². The summed E-state index contributed by atoms with van der Waals surface area (Å²) in [6.45, 7) is 3.90. The molecule has 0 aliphatic carbocycles. The predicted molar refractivity (Wildman–Crippen MR) is 99.5 cm³/mol. The molecule has 0 N–H and O–H groups in total. The molecule has 0 fully saturated rings. The second kappa shape index (κ2) is 6.19. The van der Waals surface area contributed by atoms with E-state index in [1.54, 1.807) is 18.2 Å². The van der Waals surface area contributed by atoms with Gasteiger partial charge >= 0.3 is 11.6 Å². The Morgan fingerprint density at radius 3 is 2.73 bits per heavy atom. The Hall–Kier alpha value is -3.34. The van der Waals surface area contributed by atoms with Crippen LogP contribution in [0.4, 0.5) is 0 Å². The molecule has 0 aliphatic heterocycles. The fourth-order valence-electron chi connectivity index (χ4n) is 3.22. The van der Waals surface area contributed by atoms with Crippen LogP contribution in [0.1, 0.15) is 11.3 Å². The Balaban J connectivity index is 1.61. The van der Waals surface area contributed by atoms with Gasteiger partial charge < -0.3 is 13.7 Å². The van der Waals surface area contributed by atoms with Crippen LogP contribution in [0.3, 0.4) is 0 Å². The number of aromatic nitrogens is 1. The molecule has 4 aromatic rings. The Labute approximate surface area is 149 Å². The van der Waals surface area contributed by atoms with E-state index in [2.05, 4.69) is 0 Å². The number of aryl methyl sites for hydroxylation is 2. The van der Waals surface area contributed by atoms with Crippen LogP contribution in [-0.2, 0) is 11.3 Å². The van der Waals surface area contributed by atoms with Gasteiger partial charge in [0.1, 0.15) is 17.9 Å². The molecule has 130 valence electrons. The lowest BCUT2D eigenvalue weighted by Crippen LogP contribution is -2.17. The number of nitrogens with zero attached hydrogens (tertiary/aromatic N) is 1. The van der Waals surface area contributed by atoms with Crippen molar-refractivity contribution in [3.63, 3.8) is 0 Å². The third-order valence-electron chi connectivity index (χ3n) is 4.46. The van der Waals surface area contributed by atoms with Crippen molar-refractivity contribution < 1.29 is 13.9 Å². The summed E-state index contributed by atoms with van der Waals surface area (Å²) in [7, 11) is 0. The molecule has 2 aromatic carbocycles. The highest BCUT2D eigenvalue weighted by atomic mass is 16.5. The number of hydrogen-bond acceptors (Lipinski definition) is 4. The normalized spacial score (nSPS) is 11.2. The van der Waals surface area contributed by atoms with Gasteiger partial charge in [0.15, 0.2) is 0 Å². The largest absolute Gasteiger partial charge is 0.425 e. The van der Waals surface area contributed by atoms with Crippen LogP contribution in [0.2, 0.25) is 0 Å². The van der Waals surface area contributed by atoms with Gasteiger partial charge in [-0.25, -0.2) is 9.59 Å². The maximum absolute atomic E-state index is 12.4. The van der Waals surface area contributed by atoms with E-state index in [1.165, 1.54) is 6.07 Å². The van der Waals surface area contributed by atoms with E-state index in [1.807, 2.05) is 48.7 Å². The molecular formula is C21H17NO4. The van der Waals surface area contributed by atoms with Gasteiger partial charge in [0.25, 0.3) is 0 Å². The van der Waals surface area contributed by atoms with Crippen molar-refractivity contribution in [2.24, 2.45) is 0 Å². The van der Waals surface area contributed by atoms with Gasteiger partial charge in [0, 0.05) is 28.7 Å². The highest BCUT2D eigenvalue weighted by molar-refractivity contribution is 5.85. The van der Waals surface area contributed by atoms with Crippen LogP contribution in [0, 0.1) is 13.8 Å². The molecule has 0 bridgehead atoms. The van der Waals surface area contributed by atoms with Crippen molar-refractivity contribution in [2.45, 2.75) is 20.4 Å². The van der Waals surface area contributed by atoms with Gasteiger partial charge in [-0.1, -0.05) is 18.2 Å². The predicted octanol–water partition coefficient (Wildman–Crippen LogP) is 3.97. The number of hydrogen-bond donors (Lipinski definition) is 0. The van der Waals surface area contributed by atoms with E-state index < -0.39 is 5.63 Å². The third kappa shape index (κ3) is 2.88. The summed E-state index contributed by atoms with van der Waals surface area (Å²) >= 11 is 0. The van der Waals surface area contributed by atoms with Crippen LogP contribution in [-0.4, -0.2) is 10.5 Å². The van der Waals surface area contributed by atoms with Crippen LogP contribution in [0.15, 0.2) is 63.8 Å². The molecular weight excluding hydrogens is 330 g/mol. The molecule has 26 heavy (non-hydrogen) atoms. The molecule has 2 aromatic heterocycles. The number of carbonyl (C=O) groups is 1. The molecule has 0 aliphatic rings. The molecule has 5 nitrogen and oxygen atoms in total. The molecule has 4 rings (SSSR count). The molecule has 2 heterocycles. The first-order chi connectivity index (χ1) is 12.5. The highest BCUT2D eigenvalue weighted by Crippen LogP contribution is 2.23. The van der Waals surface area contributed by atoms with Crippen LogP contribution < -0.4 is 10.4 Å². The smallest absolute Gasteiger partial charge is 0.336 e. The summed E-state index contributed by atoms with van der Waals surface area (Å²) in [5, 5.41) is 1.90. The summed E-state index contributed by atoms with van der Waals surface area (Å²) in [6, 6.07) is 16.4. The average Bonchev–Trinajstić information content (AvgIpc) is 2.90. The lowest BCUT2D eigenvalue weighted by atomic mass is 10.1. The Kier molecular flexibility index (Phi) is 3.84. The molecule has 0 radical (unpaired) electrons. The first kappa shape index (κ1) is 16.1. The zero-order valence-electron chi connectivity index (χ0n) is 14.5. The van der Waals surface area contributed by atoms with Gasteiger partial charge in [-0.15, -0.1) is 0 Å². The van der Waals surface area contributed by atoms with Crippen molar-refractivity contribution in [1.29, 1.82) is 0 Å². The number of esters is 1. The van der Waals surface area contributed by atoms with Crippen molar-refractivity contribution in [3.05, 3.63) is 76.3 Å². The van der Waals surface area contributed by atoms with Crippen LogP contribution in [0.5, 0.6) is 5.75 Å². The van der Waals surface area contributed by atoms with E-state index in [9.17, 15) is 9.59 Å². The van der Waals surface area contributed by atoms with E-state index in [-0.39, 0.29) is 12.5 Å². The first-order valence-electron chi connectivity index (χ1n) is 8.31. The number of ether oxygens (including phenoxy) is 1. The van der Waals surface area contributed by atoms with Gasteiger partial charge in [0.2, 0.25) is 0 Å². The summed E-state index contributed by atoms with van der Waals surface area (Å²) in [4.78, 5) is 23.9. The third-order valence-corrected chi connectivity index (χ3v) is 4.46. The average molecular weight is 347 g/mol. The fourth-order valence-corrected chi connectivity index (χ4v) is 3.22. The maximum Gasteiger partial charge on any atom is 0.336 e. The van der Waals surface area contributed by atoms with E-state index >= 15 is 0 Å². The Morgan fingerprint density at radius 1 is 1.08 bits per heavy atom. The van der Waals surface area contributed by atoms with Gasteiger partial charge in [-0.05, 0) is 49.1 Å². The lowest BCUT2D eigenvalue weighted by molar-refractivity contribution is -0.135. The minimum Gasteiger partial charge on any atom is -0.425 e.